The van der Waals surface area contributed by atoms with E-state index in [-0.39, 0.29) is 0 Å². The fourth-order valence-corrected chi connectivity index (χ4v) is 2.60. The van der Waals surface area contributed by atoms with Crippen LogP contribution in [-0.2, 0) is 0 Å². The van der Waals surface area contributed by atoms with Crippen LogP contribution in [0, 0.1) is 0 Å². The van der Waals surface area contributed by atoms with Gasteiger partial charge in [0.2, 0.25) is 5.88 Å². The second-order valence-electron chi connectivity index (χ2n) is 5.70. The van der Waals surface area contributed by atoms with Crippen molar-refractivity contribution in [2.75, 3.05) is 11.9 Å². The van der Waals surface area contributed by atoms with E-state index in [1.807, 2.05) is 6.07 Å². The number of ether oxygens (including phenoxy) is 1. The van der Waals surface area contributed by atoms with Gasteiger partial charge in [0.1, 0.15) is 11.6 Å². The van der Waals surface area contributed by atoms with Gasteiger partial charge in [-0.2, -0.15) is 4.98 Å². The highest BCUT2D eigenvalue weighted by molar-refractivity contribution is 5.40. The van der Waals surface area contributed by atoms with Crippen molar-refractivity contribution in [1.29, 1.82) is 0 Å². The highest BCUT2D eigenvalue weighted by atomic mass is 16.5. The zero-order chi connectivity index (χ0) is 13.1. The number of rotatable bonds is 6. The molecular formula is C15H23N3O. The molecule has 104 valence electrons. The molecule has 0 radical (unpaired) electrons. The van der Waals surface area contributed by atoms with Gasteiger partial charge >= 0.3 is 0 Å². The van der Waals surface area contributed by atoms with Gasteiger partial charge in [-0.05, 0) is 32.1 Å². The van der Waals surface area contributed by atoms with Gasteiger partial charge in [0.05, 0.1) is 6.61 Å². The number of aromatic nitrogens is 2. The summed E-state index contributed by atoms with van der Waals surface area (Å²) in [5.41, 5.74) is 0. The van der Waals surface area contributed by atoms with E-state index in [0.717, 1.165) is 30.5 Å². The summed E-state index contributed by atoms with van der Waals surface area (Å²) < 4.78 is 5.69. The highest BCUT2D eigenvalue weighted by Crippen LogP contribution is 2.39. The van der Waals surface area contributed by atoms with Gasteiger partial charge in [0, 0.05) is 18.0 Å². The molecule has 1 aromatic heterocycles. The fourth-order valence-electron chi connectivity index (χ4n) is 2.60. The van der Waals surface area contributed by atoms with Crippen LogP contribution in [0.15, 0.2) is 6.07 Å². The van der Waals surface area contributed by atoms with Crippen molar-refractivity contribution < 1.29 is 4.74 Å². The average molecular weight is 261 g/mol. The first-order valence-corrected chi connectivity index (χ1v) is 7.63. The zero-order valence-electron chi connectivity index (χ0n) is 11.7. The van der Waals surface area contributed by atoms with E-state index in [9.17, 15) is 0 Å². The van der Waals surface area contributed by atoms with Crippen LogP contribution < -0.4 is 10.1 Å². The predicted octanol–water partition coefficient (Wildman–Crippen LogP) is 3.50. The standard InChI is InChI=1S/C15H23N3O/c1-2-9-19-14-10-13(16-12-5-3-4-6-12)17-15(18-14)11-7-8-11/h10-12H,2-9H2,1H3,(H,16,17,18). The lowest BCUT2D eigenvalue weighted by atomic mass is 10.2. The van der Waals surface area contributed by atoms with E-state index in [1.165, 1.54) is 38.5 Å². The van der Waals surface area contributed by atoms with Crippen molar-refractivity contribution in [3.8, 4) is 5.88 Å². The van der Waals surface area contributed by atoms with Crippen LogP contribution in [0.25, 0.3) is 0 Å². The number of nitrogens with one attached hydrogen (secondary N) is 1. The van der Waals surface area contributed by atoms with Gasteiger partial charge in [0.25, 0.3) is 0 Å². The minimum Gasteiger partial charge on any atom is -0.478 e. The Kier molecular flexibility index (Phi) is 3.85. The van der Waals surface area contributed by atoms with E-state index in [4.69, 9.17) is 4.74 Å². The van der Waals surface area contributed by atoms with Crippen molar-refractivity contribution >= 4 is 5.82 Å². The predicted molar refractivity (Wildman–Crippen MR) is 75.7 cm³/mol. The summed E-state index contributed by atoms with van der Waals surface area (Å²) in [6.45, 7) is 2.84. The number of hydrogen-bond acceptors (Lipinski definition) is 4. The summed E-state index contributed by atoms with van der Waals surface area (Å²) in [5.74, 6) is 3.22. The second-order valence-corrected chi connectivity index (χ2v) is 5.70. The molecule has 2 saturated carbocycles. The third-order valence-corrected chi connectivity index (χ3v) is 3.82. The van der Waals surface area contributed by atoms with Crippen molar-refractivity contribution in [2.45, 2.75) is 63.8 Å². The van der Waals surface area contributed by atoms with E-state index in [0.29, 0.717) is 12.0 Å². The minimum atomic E-state index is 0.564. The van der Waals surface area contributed by atoms with Crippen LogP contribution in [0.3, 0.4) is 0 Å². The number of anilines is 1. The smallest absolute Gasteiger partial charge is 0.218 e. The molecule has 19 heavy (non-hydrogen) atoms. The molecule has 0 saturated heterocycles. The quantitative estimate of drug-likeness (QED) is 0.851. The van der Waals surface area contributed by atoms with E-state index >= 15 is 0 Å². The maximum Gasteiger partial charge on any atom is 0.218 e. The summed E-state index contributed by atoms with van der Waals surface area (Å²) in [4.78, 5) is 9.20. The van der Waals surface area contributed by atoms with E-state index in [1.54, 1.807) is 0 Å². The molecule has 0 unspecified atom stereocenters. The summed E-state index contributed by atoms with van der Waals surface area (Å²) >= 11 is 0. The molecule has 0 aromatic carbocycles. The lowest BCUT2D eigenvalue weighted by Crippen LogP contribution is -2.16. The van der Waals surface area contributed by atoms with Gasteiger partial charge < -0.3 is 10.1 Å². The molecule has 0 amide bonds. The lowest BCUT2D eigenvalue weighted by Gasteiger charge is -2.14. The average Bonchev–Trinajstić information content (AvgIpc) is 3.16. The van der Waals surface area contributed by atoms with Gasteiger partial charge in [-0.1, -0.05) is 19.8 Å². The first-order valence-electron chi connectivity index (χ1n) is 7.63. The van der Waals surface area contributed by atoms with Gasteiger partial charge in [-0.3, -0.25) is 0 Å². The molecule has 1 N–H and O–H groups in total. The molecular weight excluding hydrogens is 238 g/mol. The molecule has 0 atom stereocenters. The highest BCUT2D eigenvalue weighted by Gasteiger charge is 2.28. The Balaban J connectivity index is 1.74. The van der Waals surface area contributed by atoms with Crippen LogP contribution in [0.2, 0.25) is 0 Å². The Hall–Kier alpha value is -1.32. The minimum absolute atomic E-state index is 0.564. The Morgan fingerprint density at radius 2 is 2.00 bits per heavy atom. The topological polar surface area (TPSA) is 47.0 Å². The Labute approximate surface area is 115 Å². The molecule has 4 heteroatoms. The van der Waals surface area contributed by atoms with Crippen molar-refractivity contribution in [1.82, 2.24) is 9.97 Å². The fraction of sp³-hybridized carbons (Fsp3) is 0.733. The Morgan fingerprint density at radius 1 is 1.21 bits per heavy atom. The van der Waals surface area contributed by atoms with Gasteiger partial charge in [-0.25, -0.2) is 4.98 Å². The van der Waals surface area contributed by atoms with Gasteiger partial charge in [0.15, 0.2) is 0 Å². The normalized spacial score (nSPS) is 19.6. The second kappa shape index (κ2) is 5.76. The van der Waals surface area contributed by atoms with E-state index < -0.39 is 0 Å². The van der Waals surface area contributed by atoms with Crippen molar-refractivity contribution in [2.24, 2.45) is 0 Å². The molecule has 1 aromatic rings. The lowest BCUT2D eigenvalue weighted by molar-refractivity contribution is 0.303. The summed E-state index contributed by atoms with van der Waals surface area (Å²) in [6, 6.07) is 2.54. The molecule has 4 nitrogen and oxygen atoms in total. The third-order valence-electron chi connectivity index (χ3n) is 3.82. The maximum atomic E-state index is 5.69. The monoisotopic (exact) mass is 261 g/mol. The summed E-state index contributed by atoms with van der Waals surface area (Å²) in [6.07, 6.45) is 8.63. The largest absolute Gasteiger partial charge is 0.478 e. The Morgan fingerprint density at radius 3 is 2.68 bits per heavy atom. The van der Waals surface area contributed by atoms with Crippen LogP contribution >= 0.6 is 0 Å². The third kappa shape index (κ3) is 3.37. The van der Waals surface area contributed by atoms with Crippen LogP contribution in [-0.4, -0.2) is 22.6 Å². The van der Waals surface area contributed by atoms with Crippen LogP contribution in [0.4, 0.5) is 5.82 Å². The van der Waals surface area contributed by atoms with Crippen LogP contribution in [0.5, 0.6) is 5.88 Å². The Bertz CT molecular complexity index is 425. The van der Waals surface area contributed by atoms with E-state index in [2.05, 4.69) is 22.2 Å². The van der Waals surface area contributed by atoms with Crippen molar-refractivity contribution in [3.05, 3.63) is 11.9 Å². The summed E-state index contributed by atoms with van der Waals surface area (Å²) in [7, 11) is 0. The first-order chi connectivity index (χ1) is 9.35. The zero-order valence-corrected chi connectivity index (χ0v) is 11.7. The molecule has 0 aliphatic heterocycles. The number of nitrogens with zero attached hydrogens (tertiary/aromatic N) is 2. The molecule has 2 aliphatic rings. The van der Waals surface area contributed by atoms with Gasteiger partial charge in [-0.15, -0.1) is 0 Å². The molecule has 3 rings (SSSR count). The molecule has 0 spiro atoms. The molecule has 1 heterocycles. The van der Waals surface area contributed by atoms with Crippen molar-refractivity contribution in [3.63, 3.8) is 0 Å². The molecule has 2 fully saturated rings. The SMILES string of the molecule is CCCOc1cc(NC2CCCC2)nc(C2CC2)n1. The summed E-state index contributed by atoms with van der Waals surface area (Å²) in [5, 5.41) is 3.55. The molecule has 0 bridgehead atoms. The number of hydrogen-bond donors (Lipinski definition) is 1. The first kappa shape index (κ1) is 12.7. The molecule has 2 aliphatic carbocycles. The maximum absolute atomic E-state index is 5.69. The van der Waals surface area contributed by atoms with Crippen LogP contribution in [0.1, 0.15) is 63.6 Å².